The number of nitrogens with two attached hydrogens (primary N) is 1. The number of phenolic OH excluding ortho intramolecular Hbond substituents is 1. The predicted octanol–water partition coefficient (Wildman–Crippen LogP) is 4.85. The van der Waals surface area contributed by atoms with E-state index in [1.165, 1.54) is 25.3 Å². The van der Waals surface area contributed by atoms with Gasteiger partial charge in [-0.2, -0.15) is 8.78 Å². The third-order valence-corrected chi connectivity index (χ3v) is 11.1. The molecule has 8 N–H and O–H groups in total. The van der Waals surface area contributed by atoms with Crippen LogP contribution in [-0.4, -0.2) is 70.0 Å². The van der Waals surface area contributed by atoms with Crippen molar-refractivity contribution in [2.24, 2.45) is 11.7 Å². The smallest absolute Gasteiger partial charge is 0.399 e. The van der Waals surface area contributed by atoms with Crippen LogP contribution in [0.3, 0.4) is 0 Å². The summed E-state index contributed by atoms with van der Waals surface area (Å²) in [6.45, 7) is 2.28. The second kappa shape index (κ2) is 22.0. The number of hydrogen-bond acceptors (Lipinski definition) is 8. The van der Waals surface area contributed by atoms with Crippen molar-refractivity contribution in [2.45, 2.75) is 76.0 Å². The average molecular weight is 865 g/mol. The van der Waals surface area contributed by atoms with E-state index in [4.69, 9.17) is 10.5 Å². The van der Waals surface area contributed by atoms with E-state index in [0.29, 0.717) is 29.5 Å². The SMILES string of the molecule is CCc1ccc(C(=O)NCCCCC(NC(=O)C(CC(=O)C(Cc2ccccc2)NC(=O)Cc2ccc(O)c(OC)c2)Cc2ccc(C(F)(F)P(=O)(O)O)cc2)C(N)=O)cc1. The first kappa shape index (κ1) is 47.7. The number of aromatic hydroxyl groups is 1. The third kappa shape index (κ3) is 14.1. The second-order valence-corrected chi connectivity index (χ2v) is 16.3. The molecule has 3 atom stereocenters. The van der Waals surface area contributed by atoms with Gasteiger partial charge in [0, 0.05) is 30.0 Å². The number of methoxy groups -OCH3 is 1. The van der Waals surface area contributed by atoms with E-state index >= 15 is 0 Å². The van der Waals surface area contributed by atoms with Gasteiger partial charge in [-0.05, 0) is 85.0 Å². The zero-order valence-corrected chi connectivity index (χ0v) is 34.7. The van der Waals surface area contributed by atoms with Crippen LogP contribution in [-0.2, 0) is 55.1 Å². The van der Waals surface area contributed by atoms with E-state index in [-0.39, 0.29) is 55.2 Å². The topological polar surface area (TPSA) is 234 Å². The van der Waals surface area contributed by atoms with Crippen LogP contribution in [0.1, 0.15) is 70.8 Å². The Labute approximate surface area is 352 Å². The minimum atomic E-state index is -5.87. The lowest BCUT2D eigenvalue weighted by Gasteiger charge is -2.24. The minimum Gasteiger partial charge on any atom is -0.504 e. The highest BCUT2D eigenvalue weighted by atomic mass is 31.2. The summed E-state index contributed by atoms with van der Waals surface area (Å²) in [5.74, 6) is -4.24. The van der Waals surface area contributed by atoms with Gasteiger partial charge in [0.25, 0.3) is 5.91 Å². The number of primary amides is 1. The molecule has 0 aliphatic rings. The standard InChI is InChI=1S/C44H51F2N4O10P/c1-3-28-12-17-32(18-13-28)42(55)48-22-8-7-11-35(41(47)54)50-43(56)33(23-30-14-19-34(20-15-30)44(45,46)61(57,58)59)27-38(52)36(24-29-9-5-4-6-10-29)49-40(53)26-31-16-21-37(51)39(25-31)60-2/h4-6,9-10,12-21,25,33,35-36,51H,3,7-8,11,22-24,26-27H2,1-2H3,(H2,47,54)(H,48,55)(H,49,53)(H,50,56)(H2,57,58,59). The molecule has 14 nitrogen and oxygen atoms in total. The highest BCUT2D eigenvalue weighted by Crippen LogP contribution is 2.59. The number of amides is 4. The fraction of sp³-hybridized carbons (Fsp3) is 0.341. The molecular weight excluding hydrogens is 813 g/mol. The van der Waals surface area contributed by atoms with Gasteiger partial charge < -0.3 is 41.3 Å². The lowest BCUT2D eigenvalue weighted by Crippen LogP contribution is -2.49. The van der Waals surface area contributed by atoms with Gasteiger partial charge in [0.1, 0.15) is 6.04 Å². The number of rotatable bonds is 23. The Balaban J connectivity index is 1.52. The number of halogens is 2. The van der Waals surface area contributed by atoms with Gasteiger partial charge in [0.05, 0.1) is 19.6 Å². The van der Waals surface area contributed by atoms with Gasteiger partial charge in [-0.1, -0.05) is 79.7 Å². The molecule has 4 aromatic carbocycles. The number of Topliss-reactive ketones (excluding diaryl/α,β-unsaturated/α-hetero) is 1. The number of ketones is 1. The normalized spacial score (nSPS) is 13.0. The molecule has 0 aliphatic heterocycles. The highest BCUT2D eigenvalue weighted by Gasteiger charge is 2.50. The van der Waals surface area contributed by atoms with Gasteiger partial charge in [-0.15, -0.1) is 0 Å². The molecule has 326 valence electrons. The summed E-state index contributed by atoms with van der Waals surface area (Å²) in [4.78, 5) is 85.1. The molecule has 0 heterocycles. The van der Waals surface area contributed by atoms with E-state index in [2.05, 4.69) is 16.0 Å². The summed E-state index contributed by atoms with van der Waals surface area (Å²) in [6.07, 6.45) is 0.825. The van der Waals surface area contributed by atoms with Crippen LogP contribution in [0.2, 0.25) is 0 Å². The number of alkyl halides is 2. The molecule has 4 aromatic rings. The molecule has 17 heteroatoms. The van der Waals surface area contributed by atoms with Crippen LogP contribution in [0.5, 0.6) is 11.5 Å². The van der Waals surface area contributed by atoms with Crippen LogP contribution in [0.25, 0.3) is 0 Å². The van der Waals surface area contributed by atoms with Gasteiger partial charge in [-0.25, -0.2) is 0 Å². The second-order valence-electron chi connectivity index (χ2n) is 14.6. The number of hydrogen-bond donors (Lipinski definition) is 7. The Bertz CT molecular complexity index is 2180. The number of carbonyl (C=O) groups is 5. The molecule has 4 amide bonds. The number of nitrogens with one attached hydrogen (secondary N) is 3. The van der Waals surface area contributed by atoms with Crippen LogP contribution in [0.15, 0.2) is 97.1 Å². The summed E-state index contributed by atoms with van der Waals surface area (Å²) in [6, 6.07) is 21.9. The summed E-state index contributed by atoms with van der Waals surface area (Å²) >= 11 is 0. The van der Waals surface area contributed by atoms with Crippen molar-refractivity contribution in [1.82, 2.24) is 16.0 Å². The average Bonchev–Trinajstić information content (AvgIpc) is 3.23. The van der Waals surface area contributed by atoms with Crippen LogP contribution in [0, 0.1) is 5.92 Å². The Kier molecular flexibility index (Phi) is 17.2. The molecule has 0 aromatic heterocycles. The number of aryl methyl sites for hydroxylation is 1. The van der Waals surface area contributed by atoms with E-state index in [1.54, 1.807) is 42.5 Å². The highest BCUT2D eigenvalue weighted by molar-refractivity contribution is 7.52. The summed E-state index contributed by atoms with van der Waals surface area (Å²) in [5, 5.41) is 18.2. The van der Waals surface area contributed by atoms with Crippen molar-refractivity contribution >= 4 is 37.0 Å². The molecule has 0 spiro atoms. The van der Waals surface area contributed by atoms with Gasteiger partial charge >= 0.3 is 13.3 Å². The van der Waals surface area contributed by atoms with Crippen molar-refractivity contribution in [3.63, 3.8) is 0 Å². The lowest BCUT2D eigenvalue weighted by atomic mass is 9.89. The summed E-state index contributed by atoms with van der Waals surface area (Å²) in [7, 11) is -4.51. The van der Waals surface area contributed by atoms with Crippen molar-refractivity contribution in [1.29, 1.82) is 0 Å². The third-order valence-electron chi connectivity index (χ3n) is 10.1. The van der Waals surface area contributed by atoms with Gasteiger partial charge in [0.2, 0.25) is 17.7 Å². The largest absolute Gasteiger partial charge is 0.504 e. The molecule has 0 bridgehead atoms. The van der Waals surface area contributed by atoms with Crippen molar-refractivity contribution in [2.75, 3.05) is 13.7 Å². The number of unbranched alkanes of at least 4 members (excludes halogenated alkanes) is 1. The van der Waals surface area contributed by atoms with Crippen LogP contribution < -0.4 is 26.4 Å². The van der Waals surface area contributed by atoms with Crippen molar-refractivity contribution < 1.29 is 56.9 Å². The Morgan fingerprint density at radius 2 is 1.43 bits per heavy atom. The number of phenols is 1. The van der Waals surface area contributed by atoms with Crippen LogP contribution in [0.4, 0.5) is 8.78 Å². The van der Waals surface area contributed by atoms with E-state index in [9.17, 15) is 52.2 Å². The molecule has 0 fully saturated rings. The maximum absolute atomic E-state index is 14.4. The maximum atomic E-state index is 14.4. The number of benzene rings is 4. The van der Waals surface area contributed by atoms with Crippen molar-refractivity contribution in [3.05, 3.63) is 130 Å². The maximum Gasteiger partial charge on any atom is 0.399 e. The first-order valence-electron chi connectivity index (χ1n) is 19.6. The molecule has 3 unspecified atom stereocenters. The summed E-state index contributed by atoms with van der Waals surface area (Å²) < 4.78 is 45.5. The molecular formula is C44H51F2N4O10P. The molecule has 0 saturated heterocycles. The van der Waals surface area contributed by atoms with Crippen molar-refractivity contribution in [3.8, 4) is 11.5 Å². The first-order valence-corrected chi connectivity index (χ1v) is 21.2. The predicted molar refractivity (Wildman–Crippen MR) is 223 cm³/mol. The Morgan fingerprint density at radius 3 is 2.03 bits per heavy atom. The zero-order chi connectivity index (χ0) is 44.7. The van der Waals surface area contributed by atoms with Crippen LogP contribution >= 0.6 is 7.60 Å². The van der Waals surface area contributed by atoms with Gasteiger partial charge in [-0.3, -0.25) is 28.5 Å². The lowest BCUT2D eigenvalue weighted by molar-refractivity contribution is -0.133. The molecule has 4 rings (SSSR count). The fourth-order valence-electron chi connectivity index (χ4n) is 6.54. The zero-order valence-electron chi connectivity index (χ0n) is 33.8. The van der Waals surface area contributed by atoms with E-state index in [1.807, 2.05) is 19.1 Å². The van der Waals surface area contributed by atoms with E-state index in [0.717, 1.165) is 36.2 Å². The molecule has 0 saturated carbocycles. The Hall–Kier alpha value is -5.96. The summed E-state index contributed by atoms with van der Waals surface area (Å²) in [5.41, 5.74) is 3.23. The molecule has 0 radical (unpaired) electrons. The Morgan fingerprint density at radius 1 is 0.803 bits per heavy atom. The number of carbonyl (C=O) groups excluding carboxylic acids is 5. The first-order chi connectivity index (χ1) is 28.9. The monoisotopic (exact) mass is 864 g/mol. The quantitative estimate of drug-likeness (QED) is 0.0396. The van der Waals surface area contributed by atoms with Gasteiger partial charge in [0.15, 0.2) is 17.3 Å². The molecule has 0 aliphatic carbocycles. The minimum absolute atomic E-state index is 0.0370. The molecule has 61 heavy (non-hydrogen) atoms. The fourth-order valence-corrected chi connectivity index (χ4v) is 7.02. The van der Waals surface area contributed by atoms with E-state index < -0.39 is 66.8 Å². The number of ether oxygens (including phenoxy) is 1.